The van der Waals surface area contributed by atoms with E-state index in [1.165, 1.54) is 0 Å². The molecule has 0 unspecified atom stereocenters. The zero-order chi connectivity index (χ0) is 22.0. The lowest BCUT2D eigenvalue weighted by molar-refractivity contribution is 0.412. The van der Waals surface area contributed by atoms with Crippen molar-refractivity contribution in [1.82, 2.24) is 14.5 Å². The van der Waals surface area contributed by atoms with Gasteiger partial charge in [-0.3, -0.25) is 14.3 Å². The van der Waals surface area contributed by atoms with Crippen LogP contribution < -0.4 is 10.3 Å². The number of pyridine rings is 1. The highest BCUT2D eigenvalue weighted by atomic mass is 16.5. The van der Waals surface area contributed by atoms with Crippen LogP contribution in [0.4, 0.5) is 0 Å². The van der Waals surface area contributed by atoms with Gasteiger partial charge in [0.25, 0.3) is 5.56 Å². The Kier molecular flexibility index (Phi) is 5.54. The Morgan fingerprint density at radius 2 is 1.94 bits per heavy atom. The number of methoxy groups -OCH3 is 1. The van der Waals surface area contributed by atoms with E-state index in [1.54, 1.807) is 42.3 Å². The van der Waals surface area contributed by atoms with Crippen LogP contribution >= 0.6 is 0 Å². The molecule has 0 radical (unpaired) electrons. The molecule has 0 saturated carbocycles. The van der Waals surface area contributed by atoms with Crippen molar-refractivity contribution < 1.29 is 9.84 Å². The average molecular weight is 413 g/mol. The van der Waals surface area contributed by atoms with Crippen molar-refractivity contribution in [2.75, 3.05) is 7.11 Å². The molecule has 0 aliphatic heterocycles. The number of hydrogen-bond donors (Lipinski definition) is 1. The van der Waals surface area contributed by atoms with Gasteiger partial charge in [-0.2, -0.15) is 0 Å². The fourth-order valence-electron chi connectivity index (χ4n) is 3.66. The van der Waals surface area contributed by atoms with Crippen LogP contribution in [0.25, 0.3) is 28.7 Å². The summed E-state index contributed by atoms with van der Waals surface area (Å²) in [5, 5.41) is 11.0. The third kappa shape index (κ3) is 3.68. The molecule has 0 fully saturated rings. The van der Waals surface area contributed by atoms with E-state index in [2.05, 4.69) is 4.98 Å². The molecule has 0 spiro atoms. The first-order valence-electron chi connectivity index (χ1n) is 10.0. The second-order valence-electron chi connectivity index (χ2n) is 7.17. The number of para-hydroxylation sites is 2. The van der Waals surface area contributed by atoms with Crippen molar-refractivity contribution in [2.45, 2.75) is 20.3 Å². The first-order valence-corrected chi connectivity index (χ1v) is 10.0. The van der Waals surface area contributed by atoms with Crippen LogP contribution in [-0.2, 0) is 6.42 Å². The number of ether oxygens (including phenoxy) is 1. The van der Waals surface area contributed by atoms with Crippen molar-refractivity contribution in [3.8, 4) is 17.2 Å². The number of nitrogens with zero attached hydrogens (tertiary/aromatic N) is 3. The van der Waals surface area contributed by atoms with E-state index >= 15 is 0 Å². The minimum Gasteiger partial charge on any atom is -0.507 e. The molecule has 0 bridgehead atoms. The van der Waals surface area contributed by atoms with Gasteiger partial charge in [-0.05, 0) is 48.8 Å². The maximum absolute atomic E-state index is 13.5. The van der Waals surface area contributed by atoms with Gasteiger partial charge in [0.15, 0.2) is 0 Å². The third-order valence-electron chi connectivity index (χ3n) is 5.29. The second kappa shape index (κ2) is 8.44. The normalized spacial score (nSPS) is 11.3. The van der Waals surface area contributed by atoms with E-state index in [9.17, 15) is 9.90 Å². The van der Waals surface area contributed by atoms with Gasteiger partial charge in [0.05, 0.1) is 29.9 Å². The summed E-state index contributed by atoms with van der Waals surface area (Å²) in [4.78, 5) is 22.3. The second-order valence-corrected chi connectivity index (χ2v) is 7.17. The monoisotopic (exact) mass is 413 g/mol. The average Bonchev–Trinajstić information content (AvgIpc) is 2.79. The summed E-state index contributed by atoms with van der Waals surface area (Å²) in [5.74, 6) is 1.22. The predicted molar refractivity (Wildman–Crippen MR) is 123 cm³/mol. The zero-order valence-electron chi connectivity index (χ0n) is 17.7. The van der Waals surface area contributed by atoms with Crippen LogP contribution in [0.5, 0.6) is 11.5 Å². The first kappa shape index (κ1) is 20.3. The Morgan fingerprint density at radius 3 is 2.71 bits per heavy atom. The lowest BCUT2D eigenvalue weighted by atomic mass is 10.1. The molecule has 6 heteroatoms. The number of hydrogen-bond acceptors (Lipinski definition) is 5. The van der Waals surface area contributed by atoms with Crippen molar-refractivity contribution >= 4 is 23.1 Å². The molecular weight excluding hydrogens is 390 g/mol. The fourth-order valence-corrected chi connectivity index (χ4v) is 3.66. The smallest absolute Gasteiger partial charge is 0.266 e. The van der Waals surface area contributed by atoms with Crippen molar-refractivity contribution in [2.24, 2.45) is 0 Å². The summed E-state index contributed by atoms with van der Waals surface area (Å²) in [7, 11) is 1.57. The summed E-state index contributed by atoms with van der Waals surface area (Å²) in [6.45, 7) is 3.91. The first-order chi connectivity index (χ1) is 15.0. The SMILES string of the molecule is CCc1cccc(/C=C/c2nc3cnccc3c(=O)n2-c2c(C)cccc2OC)c1O. The third-order valence-corrected chi connectivity index (χ3v) is 5.29. The number of benzene rings is 2. The molecule has 0 atom stereocenters. The summed E-state index contributed by atoms with van der Waals surface area (Å²) >= 11 is 0. The lowest BCUT2D eigenvalue weighted by Crippen LogP contribution is -2.23. The topological polar surface area (TPSA) is 77.2 Å². The summed E-state index contributed by atoms with van der Waals surface area (Å²) < 4.78 is 7.10. The Bertz CT molecular complexity index is 1360. The zero-order valence-corrected chi connectivity index (χ0v) is 17.7. The molecular formula is C25H23N3O3. The maximum Gasteiger partial charge on any atom is 0.266 e. The van der Waals surface area contributed by atoms with Gasteiger partial charge in [0.2, 0.25) is 0 Å². The summed E-state index contributed by atoms with van der Waals surface area (Å²) in [6, 6.07) is 12.9. The van der Waals surface area contributed by atoms with Gasteiger partial charge in [0.1, 0.15) is 17.3 Å². The number of phenolic OH excluding ortho intramolecular Hbond substituents is 1. The molecule has 0 aliphatic carbocycles. The number of aromatic hydroxyl groups is 1. The van der Waals surface area contributed by atoms with Gasteiger partial charge < -0.3 is 9.84 Å². The van der Waals surface area contributed by atoms with Crippen LogP contribution in [0.1, 0.15) is 29.4 Å². The molecule has 31 heavy (non-hydrogen) atoms. The minimum atomic E-state index is -0.216. The number of rotatable bonds is 5. The number of aryl methyl sites for hydroxylation is 2. The van der Waals surface area contributed by atoms with Crippen molar-refractivity contribution in [1.29, 1.82) is 0 Å². The molecule has 0 saturated heterocycles. The molecule has 0 aliphatic rings. The van der Waals surface area contributed by atoms with Gasteiger partial charge in [-0.15, -0.1) is 0 Å². The van der Waals surface area contributed by atoms with Gasteiger partial charge in [0, 0.05) is 11.8 Å². The van der Waals surface area contributed by atoms with Crippen molar-refractivity contribution in [3.63, 3.8) is 0 Å². The minimum absolute atomic E-state index is 0.216. The van der Waals surface area contributed by atoms with Crippen LogP contribution in [0.15, 0.2) is 59.7 Å². The highest BCUT2D eigenvalue weighted by Gasteiger charge is 2.17. The quantitative estimate of drug-likeness (QED) is 0.520. The van der Waals surface area contributed by atoms with Crippen LogP contribution in [-0.4, -0.2) is 26.8 Å². The molecule has 6 nitrogen and oxygen atoms in total. The Morgan fingerprint density at radius 1 is 1.13 bits per heavy atom. The maximum atomic E-state index is 13.5. The molecule has 1 N–H and O–H groups in total. The van der Waals surface area contributed by atoms with E-state index in [1.807, 2.05) is 50.2 Å². The number of fused-ring (bicyclic) bond motifs is 1. The standard InChI is InChI=1S/C25H23N3O3/c1-4-17-8-6-9-18(24(17)29)11-12-22-27-20-15-26-14-13-19(20)25(30)28(22)23-16(2)7-5-10-21(23)31-3/h5-15,29H,4H2,1-3H3/b12-11+. The van der Waals surface area contributed by atoms with E-state index < -0.39 is 0 Å². The van der Waals surface area contributed by atoms with E-state index in [4.69, 9.17) is 9.72 Å². The largest absolute Gasteiger partial charge is 0.507 e. The van der Waals surface area contributed by atoms with Gasteiger partial charge in [-0.25, -0.2) is 4.98 Å². The molecule has 0 amide bonds. The highest BCUT2D eigenvalue weighted by molar-refractivity contribution is 5.80. The molecule has 2 aromatic carbocycles. The highest BCUT2D eigenvalue weighted by Crippen LogP contribution is 2.28. The summed E-state index contributed by atoms with van der Waals surface area (Å²) in [5.41, 5.74) is 3.31. The fraction of sp³-hybridized carbons (Fsp3) is 0.160. The molecule has 2 heterocycles. The Hall–Kier alpha value is -3.93. The molecule has 4 aromatic rings. The van der Waals surface area contributed by atoms with E-state index in [0.29, 0.717) is 33.7 Å². The van der Waals surface area contributed by atoms with Gasteiger partial charge >= 0.3 is 0 Å². The molecule has 156 valence electrons. The Labute approximate surface area is 180 Å². The lowest BCUT2D eigenvalue weighted by Gasteiger charge is -2.16. The number of phenols is 1. The Balaban J connectivity index is 2.00. The number of aromatic nitrogens is 3. The molecule has 2 aromatic heterocycles. The predicted octanol–water partition coefficient (Wildman–Crippen LogP) is 4.54. The van der Waals surface area contributed by atoms with E-state index in [-0.39, 0.29) is 11.3 Å². The molecule has 4 rings (SSSR count). The van der Waals surface area contributed by atoms with E-state index in [0.717, 1.165) is 17.5 Å². The van der Waals surface area contributed by atoms with Gasteiger partial charge in [-0.1, -0.05) is 37.3 Å². The van der Waals surface area contributed by atoms with Crippen LogP contribution in [0.2, 0.25) is 0 Å². The van der Waals surface area contributed by atoms with Crippen LogP contribution in [0, 0.1) is 6.92 Å². The van der Waals surface area contributed by atoms with Crippen LogP contribution in [0.3, 0.4) is 0 Å². The van der Waals surface area contributed by atoms with Crippen molar-refractivity contribution in [3.05, 3.63) is 87.7 Å². The summed E-state index contributed by atoms with van der Waals surface area (Å²) in [6.07, 6.45) is 7.36.